The van der Waals surface area contributed by atoms with Crippen molar-refractivity contribution in [2.45, 2.75) is 45.8 Å². The Kier molecular flexibility index (Phi) is 6.20. The van der Waals surface area contributed by atoms with Crippen LogP contribution in [0.3, 0.4) is 0 Å². The van der Waals surface area contributed by atoms with Gasteiger partial charge in [-0.05, 0) is 40.7 Å². The smallest absolute Gasteiger partial charge is 0.185 e. The second-order valence-electron chi connectivity index (χ2n) is 6.99. The van der Waals surface area contributed by atoms with Gasteiger partial charge < -0.3 is 14.7 Å². The highest BCUT2D eigenvalue weighted by molar-refractivity contribution is 7.13. The van der Waals surface area contributed by atoms with E-state index < -0.39 is 6.10 Å². The normalized spacial score (nSPS) is 19.2. The van der Waals surface area contributed by atoms with Crippen molar-refractivity contribution in [3.63, 3.8) is 0 Å². The highest BCUT2D eigenvalue weighted by atomic mass is 32.1. The Morgan fingerprint density at radius 3 is 2.73 bits per heavy atom. The fourth-order valence-electron chi connectivity index (χ4n) is 2.53. The van der Waals surface area contributed by atoms with Gasteiger partial charge >= 0.3 is 0 Å². The lowest BCUT2D eigenvalue weighted by atomic mass is 10.2. The summed E-state index contributed by atoms with van der Waals surface area (Å²) in [7, 11) is 0. The van der Waals surface area contributed by atoms with Gasteiger partial charge in [0.15, 0.2) is 5.13 Å². The minimum Gasteiger partial charge on any atom is -0.389 e. The van der Waals surface area contributed by atoms with E-state index in [9.17, 15) is 5.11 Å². The molecule has 1 aromatic heterocycles. The quantitative estimate of drug-likeness (QED) is 0.898. The number of hydrogen-bond donors (Lipinski definition) is 1. The largest absolute Gasteiger partial charge is 0.389 e. The third kappa shape index (κ3) is 5.83. The van der Waals surface area contributed by atoms with Gasteiger partial charge in [0, 0.05) is 31.6 Å². The van der Waals surface area contributed by atoms with Gasteiger partial charge in [0.25, 0.3) is 0 Å². The molecule has 1 atom stereocenters. The number of thiazole rings is 1. The van der Waals surface area contributed by atoms with E-state index in [1.54, 1.807) is 11.3 Å². The number of rotatable bonds is 5. The van der Waals surface area contributed by atoms with Crippen LogP contribution in [0.5, 0.6) is 0 Å². The third-order valence-electron chi connectivity index (χ3n) is 3.64. The SMILES string of the molecule is Cc1csc(N2CCCN(CC(O)COC(C)(C)C)CC2)n1. The molecule has 126 valence electrons. The molecule has 0 radical (unpaired) electrons. The highest BCUT2D eigenvalue weighted by Crippen LogP contribution is 2.21. The van der Waals surface area contributed by atoms with Gasteiger partial charge in [-0.2, -0.15) is 0 Å². The molecule has 1 N–H and O–H groups in total. The van der Waals surface area contributed by atoms with Crippen molar-refractivity contribution in [3.05, 3.63) is 11.1 Å². The van der Waals surface area contributed by atoms with E-state index in [0.29, 0.717) is 13.2 Å². The van der Waals surface area contributed by atoms with E-state index in [-0.39, 0.29) is 5.60 Å². The van der Waals surface area contributed by atoms with Crippen LogP contribution in [0.25, 0.3) is 0 Å². The summed E-state index contributed by atoms with van der Waals surface area (Å²) in [5, 5.41) is 13.4. The van der Waals surface area contributed by atoms with Crippen molar-refractivity contribution in [1.29, 1.82) is 0 Å². The summed E-state index contributed by atoms with van der Waals surface area (Å²) in [5.74, 6) is 0. The first kappa shape index (κ1) is 17.7. The van der Waals surface area contributed by atoms with Crippen molar-refractivity contribution < 1.29 is 9.84 Å². The fourth-order valence-corrected chi connectivity index (χ4v) is 3.39. The number of aliphatic hydroxyl groups is 1. The number of aromatic nitrogens is 1. The lowest BCUT2D eigenvalue weighted by Gasteiger charge is -2.26. The molecule has 1 unspecified atom stereocenters. The molecule has 0 amide bonds. The maximum Gasteiger partial charge on any atom is 0.185 e. The van der Waals surface area contributed by atoms with Gasteiger partial charge in [-0.1, -0.05) is 0 Å². The summed E-state index contributed by atoms with van der Waals surface area (Å²) in [5.41, 5.74) is 0.898. The van der Waals surface area contributed by atoms with Gasteiger partial charge in [0.2, 0.25) is 0 Å². The third-order valence-corrected chi connectivity index (χ3v) is 4.66. The molecule has 5 nitrogen and oxygen atoms in total. The van der Waals surface area contributed by atoms with Gasteiger partial charge in [-0.15, -0.1) is 11.3 Å². The molecule has 1 aromatic rings. The lowest BCUT2D eigenvalue weighted by molar-refractivity contribution is -0.0557. The lowest BCUT2D eigenvalue weighted by Crippen LogP contribution is -2.39. The second kappa shape index (κ2) is 7.73. The molecule has 1 saturated heterocycles. The monoisotopic (exact) mass is 327 g/mol. The number of nitrogens with zero attached hydrogens (tertiary/aromatic N) is 3. The standard InChI is InChI=1S/C16H29N3O2S/c1-13-12-22-15(17-13)19-7-5-6-18(8-9-19)10-14(20)11-21-16(2,3)4/h12,14,20H,5-11H2,1-4H3. The Hall–Kier alpha value is -0.690. The van der Waals surface area contributed by atoms with Crippen molar-refractivity contribution in [3.8, 4) is 0 Å². The van der Waals surface area contributed by atoms with Crippen LogP contribution in [0.15, 0.2) is 5.38 Å². The Morgan fingerprint density at radius 2 is 2.09 bits per heavy atom. The Balaban J connectivity index is 1.78. The van der Waals surface area contributed by atoms with Crippen molar-refractivity contribution in [2.24, 2.45) is 0 Å². The summed E-state index contributed by atoms with van der Waals surface area (Å²) in [6, 6.07) is 0. The minimum absolute atomic E-state index is 0.195. The summed E-state index contributed by atoms with van der Waals surface area (Å²) >= 11 is 1.72. The molecule has 1 aliphatic rings. The van der Waals surface area contributed by atoms with Gasteiger partial charge in [0.1, 0.15) is 0 Å². The first-order valence-corrected chi connectivity index (χ1v) is 8.93. The zero-order valence-electron chi connectivity index (χ0n) is 14.2. The van der Waals surface area contributed by atoms with Crippen LogP contribution >= 0.6 is 11.3 Å². The molecule has 0 bridgehead atoms. The molecule has 1 aliphatic heterocycles. The Morgan fingerprint density at radius 1 is 1.32 bits per heavy atom. The molecule has 6 heteroatoms. The van der Waals surface area contributed by atoms with Crippen LogP contribution < -0.4 is 4.90 Å². The van der Waals surface area contributed by atoms with E-state index in [2.05, 4.69) is 20.2 Å². The fraction of sp³-hybridized carbons (Fsp3) is 0.812. The summed E-state index contributed by atoms with van der Waals surface area (Å²) in [4.78, 5) is 9.26. The number of aryl methyl sites for hydroxylation is 1. The number of ether oxygens (including phenoxy) is 1. The predicted octanol–water partition coefficient (Wildman–Crippen LogP) is 2.14. The molecule has 2 rings (SSSR count). The van der Waals surface area contributed by atoms with E-state index in [1.165, 1.54) is 0 Å². The average Bonchev–Trinajstić information content (AvgIpc) is 2.72. The van der Waals surface area contributed by atoms with Gasteiger partial charge in [-0.25, -0.2) is 4.98 Å². The molecule has 0 spiro atoms. The Bertz CT molecular complexity index is 458. The number of hydrogen-bond acceptors (Lipinski definition) is 6. The van der Waals surface area contributed by atoms with Crippen LogP contribution in [0.4, 0.5) is 5.13 Å². The average molecular weight is 327 g/mol. The Labute approximate surface area is 137 Å². The highest BCUT2D eigenvalue weighted by Gasteiger charge is 2.20. The van der Waals surface area contributed by atoms with Crippen LogP contribution in [0, 0.1) is 6.92 Å². The molecule has 0 aromatic carbocycles. The van der Waals surface area contributed by atoms with Crippen LogP contribution in [0.2, 0.25) is 0 Å². The second-order valence-corrected chi connectivity index (χ2v) is 7.83. The van der Waals surface area contributed by atoms with Crippen LogP contribution in [0.1, 0.15) is 32.9 Å². The topological polar surface area (TPSA) is 48.8 Å². The van der Waals surface area contributed by atoms with Crippen LogP contribution in [-0.2, 0) is 4.74 Å². The molecule has 1 fully saturated rings. The predicted molar refractivity (Wildman–Crippen MR) is 91.8 cm³/mol. The minimum atomic E-state index is -0.423. The van der Waals surface area contributed by atoms with Crippen molar-refractivity contribution >= 4 is 16.5 Å². The zero-order valence-corrected chi connectivity index (χ0v) is 15.0. The van der Waals surface area contributed by atoms with E-state index in [1.807, 2.05) is 27.7 Å². The summed E-state index contributed by atoms with van der Waals surface area (Å²) in [6.07, 6.45) is 0.679. The zero-order chi connectivity index (χ0) is 16.2. The molecular weight excluding hydrogens is 298 g/mol. The number of anilines is 1. The van der Waals surface area contributed by atoms with E-state index in [0.717, 1.165) is 43.4 Å². The van der Waals surface area contributed by atoms with Crippen molar-refractivity contribution in [2.75, 3.05) is 44.2 Å². The summed E-state index contributed by atoms with van der Waals surface area (Å²) in [6.45, 7) is 13.2. The maximum atomic E-state index is 10.2. The molecule has 0 aliphatic carbocycles. The first-order chi connectivity index (χ1) is 10.3. The first-order valence-electron chi connectivity index (χ1n) is 8.05. The molecule has 22 heavy (non-hydrogen) atoms. The van der Waals surface area contributed by atoms with Crippen LogP contribution in [-0.4, -0.2) is 66.0 Å². The van der Waals surface area contributed by atoms with E-state index in [4.69, 9.17) is 4.74 Å². The molecule has 2 heterocycles. The maximum absolute atomic E-state index is 10.2. The molecule has 0 saturated carbocycles. The summed E-state index contributed by atoms with van der Waals surface area (Å²) < 4.78 is 5.66. The number of β-amino-alcohol motifs (C(OH)–C–C–N with tert-alkyl or cyclic N) is 1. The van der Waals surface area contributed by atoms with Gasteiger partial charge in [0.05, 0.1) is 24.0 Å². The van der Waals surface area contributed by atoms with Crippen molar-refractivity contribution in [1.82, 2.24) is 9.88 Å². The molecular formula is C16H29N3O2S. The van der Waals surface area contributed by atoms with Gasteiger partial charge in [-0.3, -0.25) is 4.90 Å². The number of aliphatic hydroxyl groups excluding tert-OH is 1. The van der Waals surface area contributed by atoms with E-state index >= 15 is 0 Å².